The van der Waals surface area contributed by atoms with Gasteiger partial charge in [-0.15, -0.1) is 0 Å². The van der Waals surface area contributed by atoms with Crippen LogP contribution in [0.5, 0.6) is 0 Å². The molecular weight excluding hydrogens is 365 g/mol. The first-order chi connectivity index (χ1) is 10.6. The number of anilines is 1. The van der Waals surface area contributed by atoms with Crippen molar-refractivity contribution in [2.24, 2.45) is 0 Å². The number of aromatic carboxylic acids is 1. The van der Waals surface area contributed by atoms with Crippen molar-refractivity contribution >= 4 is 44.9 Å². The fraction of sp³-hybridized carbons (Fsp3) is 0.231. The smallest absolute Gasteiger partial charge is 0.337 e. The molecule has 2 aromatic rings. The van der Waals surface area contributed by atoms with Crippen molar-refractivity contribution in [2.75, 3.05) is 4.72 Å². The molecule has 10 heteroatoms. The molecule has 0 bridgehead atoms. The summed E-state index contributed by atoms with van der Waals surface area (Å²) in [6.07, 6.45) is 2.88. The third-order valence-electron chi connectivity index (χ3n) is 2.93. The van der Waals surface area contributed by atoms with Crippen molar-refractivity contribution in [1.29, 1.82) is 0 Å². The summed E-state index contributed by atoms with van der Waals surface area (Å²) in [6, 6.07) is 2.11. The standard InChI is InChI=1S/C13H13Cl2N3O4S/c1-7(2)18-6-8(5-16-18)17-23(21,22)9-3-10(13(19)20)12(15)11(14)4-9/h3-7,17H,1-2H3,(H,19,20). The number of hydrogen-bond donors (Lipinski definition) is 2. The fourth-order valence-corrected chi connectivity index (χ4v) is 3.32. The van der Waals surface area contributed by atoms with E-state index in [-0.39, 0.29) is 26.7 Å². The topological polar surface area (TPSA) is 101 Å². The molecule has 0 atom stereocenters. The molecule has 0 aliphatic carbocycles. The van der Waals surface area contributed by atoms with Crippen molar-refractivity contribution in [2.45, 2.75) is 24.8 Å². The van der Waals surface area contributed by atoms with Crippen LogP contribution in [0.25, 0.3) is 0 Å². The maximum atomic E-state index is 12.4. The molecule has 0 unspecified atom stereocenters. The Balaban J connectivity index is 2.41. The van der Waals surface area contributed by atoms with Crippen molar-refractivity contribution in [3.05, 3.63) is 40.1 Å². The van der Waals surface area contributed by atoms with Crippen LogP contribution in [-0.2, 0) is 10.0 Å². The van der Waals surface area contributed by atoms with E-state index in [1.165, 1.54) is 12.4 Å². The first kappa shape index (κ1) is 17.6. The number of carboxylic acid groups (broad SMARTS) is 1. The second kappa shape index (κ2) is 6.38. The van der Waals surface area contributed by atoms with Gasteiger partial charge in [-0.2, -0.15) is 5.10 Å². The van der Waals surface area contributed by atoms with Gasteiger partial charge in [0, 0.05) is 12.2 Å². The number of nitrogens with one attached hydrogen (secondary N) is 1. The van der Waals surface area contributed by atoms with Gasteiger partial charge in [-0.3, -0.25) is 9.40 Å². The summed E-state index contributed by atoms with van der Waals surface area (Å²) in [4.78, 5) is 10.8. The van der Waals surface area contributed by atoms with Gasteiger partial charge in [0.25, 0.3) is 10.0 Å². The van der Waals surface area contributed by atoms with Gasteiger partial charge in [-0.05, 0) is 26.0 Å². The van der Waals surface area contributed by atoms with Gasteiger partial charge in [0.1, 0.15) is 0 Å². The molecule has 7 nitrogen and oxygen atoms in total. The van der Waals surface area contributed by atoms with E-state index in [1.807, 2.05) is 13.8 Å². The van der Waals surface area contributed by atoms with Crippen molar-refractivity contribution in [1.82, 2.24) is 9.78 Å². The van der Waals surface area contributed by atoms with E-state index in [1.54, 1.807) is 4.68 Å². The number of aromatic nitrogens is 2. The Morgan fingerprint density at radius 2 is 2.00 bits per heavy atom. The van der Waals surface area contributed by atoms with Crippen molar-refractivity contribution in [3.63, 3.8) is 0 Å². The van der Waals surface area contributed by atoms with Gasteiger partial charge in [-0.1, -0.05) is 23.2 Å². The summed E-state index contributed by atoms with van der Waals surface area (Å²) >= 11 is 11.6. The highest BCUT2D eigenvalue weighted by molar-refractivity contribution is 7.92. The van der Waals surface area contributed by atoms with Gasteiger partial charge in [-0.25, -0.2) is 13.2 Å². The van der Waals surface area contributed by atoms with Crippen LogP contribution in [0.3, 0.4) is 0 Å². The molecule has 0 fully saturated rings. The van der Waals surface area contributed by atoms with E-state index in [2.05, 4.69) is 9.82 Å². The summed E-state index contributed by atoms with van der Waals surface area (Å²) < 4.78 is 28.6. The van der Waals surface area contributed by atoms with Crippen LogP contribution in [0.4, 0.5) is 5.69 Å². The quantitative estimate of drug-likeness (QED) is 0.832. The average Bonchev–Trinajstić information content (AvgIpc) is 2.89. The minimum absolute atomic E-state index is 0.0665. The summed E-state index contributed by atoms with van der Waals surface area (Å²) in [5, 5.41) is 12.7. The molecule has 2 rings (SSSR count). The molecule has 0 aliphatic heterocycles. The van der Waals surface area contributed by atoms with Gasteiger partial charge in [0.05, 0.1) is 32.4 Å². The molecule has 1 aromatic heterocycles. The first-order valence-electron chi connectivity index (χ1n) is 6.41. The lowest BCUT2D eigenvalue weighted by Crippen LogP contribution is -2.14. The maximum absolute atomic E-state index is 12.4. The van der Waals surface area contributed by atoms with Crippen LogP contribution in [-0.4, -0.2) is 29.3 Å². The largest absolute Gasteiger partial charge is 0.478 e. The highest BCUT2D eigenvalue weighted by atomic mass is 35.5. The van der Waals surface area contributed by atoms with Gasteiger partial charge in [0.2, 0.25) is 0 Å². The number of hydrogen-bond acceptors (Lipinski definition) is 4. The second-order valence-electron chi connectivity index (χ2n) is 4.98. The van der Waals surface area contributed by atoms with Crippen molar-refractivity contribution in [3.8, 4) is 0 Å². The zero-order chi connectivity index (χ0) is 17.4. The monoisotopic (exact) mass is 377 g/mol. The van der Waals surface area contributed by atoms with E-state index in [0.29, 0.717) is 0 Å². The van der Waals surface area contributed by atoms with Crippen LogP contribution in [0.2, 0.25) is 10.0 Å². The number of carboxylic acids is 1. The second-order valence-corrected chi connectivity index (χ2v) is 7.45. The molecule has 1 heterocycles. The van der Waals surface area contributed by atoms with Gasteiger partial charge < -0.3 is 5.11 Å². The Morgan fingerprint density at radius 1 is 1.35 bits per heavy atom. The molecule has 0 amide bonds. The van der Waals surface area contributed by atoms with E-state index >= 15 is 0 Å². The Hall–Kier alpha value is -1.77. The number of nitrogens with zero attached hydrogens (tertiary/aromatic N) is 2. The minimum Gasteiger partial charge on any atom is -0.478 e. The van der Waals surface area contributed by atoms with E-state index in [9.17, 15) is 13.2 Å². The lowest BCUT2D eigenvalue weighted by Gasteiger charge is -2.09. The molecule has 0 saturated heterocycles. The lowest BCUT2D eigenvalue weighted by atomic mass is 10.2. The molecule has 1 aromatic carbocycles. The fourth-order valence-electron chi connectivity index (χ4n) is 1.76. The first-order valence-corrected chi connectivity index (χ1v) is 8.65. The van der Waals surface area contributed by atoms with Crippen molar-refractivity contribution < 1.29 is 18.3 Å². The highest BCUT2D eigenvalue weighted by Crippen LogP contribution is 2.30. The van der Waals surface area contributed by atoms with Crippen LogP contribution in [0, 0.1) is 0 Å². The molecule has 0 spiro atoms. The predicted octanol–water partition coefficient (Wildman–Crippen LogP) is 3.27. The van der Waals surface area contributed by atoms with Crippen LogP contribution >= 0.6 is 23.2 Å². The van der Waals surface area contributed by atoms with Gasteiger partial charge in [0.15, 0.2) is 0 Å². The molecule has 0 aliphatic rings. The Morgan fingerprint density at radius 3 is 2.52 bits per heavy atom. The predicted molar refractivity (Wildman–Crippen MR) is 86.8 cm³/mol. The molecule has 2 N–H and O–H groups in total. The average molecular weight is 378 g/mol. The maximum Gasteiger partial charge on any atom is 0.337 e. The number of carbonyl (C=O) groups is 1. The van der Waals surface area contributed by atoms with Crippen LogP contribution in [0.1, 0.15) is 30.2 Å². The molecule has 23 heavy (non-hydrogen) atoms. The summed E-state index contributed by atoms with van der Waals surface area (Å²) in [5.41, 5.74) is -0.140. The molecular formula is C13H13Cl2N3O4S. The highest BCUT2D eigenvalue weighted by Gasteiger charge is 2.21. The molecule has 0 saturated carbocycles. The zero-order valence-corrected chi connectivity index (χ0v) is 14.4. The van der Waals surface area contributed by atoms with Crippen LogP contribution in [0.15, 0.2) is 29.4 Å². The minimum atomic E-state index is -4.03. The Labute approximate surface area is 142 Å². The van der Waals surface area contributed by atoms with Crippen LogP contribution < -0.4 is 4.72 Å². The number of halogens is 2. The number of benzene rings is 1. The molecule has 0 radical (unpaired) electrons. The third-order valence-corrected chi connectivity index (χ3v) is 5.09. The molecule has 124 valence electrons. The third kappa shape index (κ3) is 3.77. The normalized spacial score (nSPS) is 11.7. The van der Waals surface area contributed by atoms with E-state index < -0.39 is 21.6 Å². The zero-order valence-electron chi connectivity index (χ0n) is 12.1. The summed E-state index contributed by atoms with van der Waals surface area (Å²) in [6.45, 7) is 3.78. The van der Waals surface area contributed by atoms with Gasteiger partial charge >= 0.3 is 5.97 Å². The SMILES string of the molecule is CC(C)n1cc(NS(=O)(=O)c2cc(Cl)c(Cl)c(C(=O)O)c2)cn1. The van der Waals surface area contributed by atoms with E-state index in [4.69, 9.17) is 28.3 Å². The Kier molecular flexibility index (Phi) is 4.88. The Bertz CT molecular complexity index is 862. The summed E-state index contributed by atoms with van der Waals surface area (Å²) in [5.74, 6) is -1.37. The lowest BCUT2D eigenvalue weighted by molar-refractivity contribution is 0.0697. The number of sulfonamides is 1. The summed E-state index contributed by atoms with van der Waals surface area (Å²) in [7, 11) is -4.03. The number of rotatable bonds is 5. The van der Waals surface area contributed by atoms with E-state index in [0.717, 1.165) is 12.1 Å².